The van der Waals surface area contributed by atoms with Gasteiger partial charge in [-0.25, -0.2) is 4.79 Å². The molecule has 1 aliphatic heterocycles. The molecule has 3 atom stereocenters. The molecule has 37 heavy (non-hydrogen) atoms. The van der Waals surface area contributed by atoms with E-state index in [1.54, 1.807) is 22.6 Å². The molecule has 2 fully saturated rings. The van der Waals surface area contributed by atoms with Crippen molar-refractivity contribution in [2.45, 2.75) is 50.2 Å². The van der Waals surface area contributed by atoms with Gasteiger partial charge in [0.2, 0.25) is 11.8 Å². The molecule has 2 amide bonds. The summed E-state index contributed by atoms with van der Waals surface area (Å²) in [7, 11) is 1.58. The highest BCUT2D eigenvalue weighted by molar-refractivity contribution is 5.95. The van der Waals surface area contributed by atoms with Crippen LogP contribution in [0.1, 0.15) is 60.2 Å². The van der Waals surface area contributed by atoms with E-state index in [2.05, 4.69) is 5.32 Å². The zero-order valence-electron chi connectivity index (χ0n) is 21.0. The fourth-order valence-electron chi connectivity index (χ4n) is 6.36. The molecule has 8 nitrogen and oxygen atoms in total. The van der Waals surface area contributed by atoms with Gasteiger partial charge in [-0.15, -0.1) is 0 Å². The van der Waals surface area contributed by atoms with Gasteiger partial charge in [-0.1, -0.05) is 48.5 Å². The number of carboxylic acid groups (broad SMARTS) is 1. The van der Waals surface area contributed by atoms with Crippen LogP contribution in [0.3, 0.4) is 0 Å². The molecule has 1 saturated heterocycles. The second-order valence-electron chi connectivity index (χ2n) is 10.3. The Labute approximate surface area is 216 Å². The molecular formula is C29H34N4O4. The van der Waals surface area contributed by atoms with Gasteiger partial charge in [0, 0.05) is 24.3 Å². The number of carboxylic acids is 1. The average molecular weight is 503 g/mol. The molecule has 1 aromatic heterocycles. The van der Waals surface area contributed by atoms with E-state index >= 15 is 0 Å². The highest BCUT2D eigenvalue weighted by Gasteiger charge is 2.51. The van der Waals surface area contributed by atoms with Gasteiger partial charge >= 0.3 is 5.97 Å². The molecule has 1 saturated carbocycles. The number of aromatic nitrogens is 1. The van der Waals surface area contributed by atoms with Crippen LogP contribution < -0.4 is 11.1 Å². The number of likely N-dealkylation sites (N-methyl/N-ethyl adjacent to an activating group) is 1. The van der Waals surface area contributed by atoms with Crippen molar-refractivity contribution >= 4 is 28.7 Å². The van der Waals surface area contributed by atoms with Gasteiger partial charge in [0.25, 0.3) is 0 Å². The molecule has 194 valence electrons. The lowest BCUT2D eigenvalue weighted by Crippen LogP contribution is -2.51. The molecule has 2 aliphatic rings. The van der Waals surface area contributed by atoms with E-state index in [1.165, 1.54) is 0 Å². The number of carbonyl (C=O) groups excluding carboxylic acids is 2. The molecular weight excluding hydrogens is 468 g/mol. The Bertz CT molecular complexity index is 1300. The first kappa shape index (κ1) is 25.0. The maximum atomic E-state index is 14.3. The van der Waals surface area contributed by atoms with Gasteiger partial charge in [0.15, 0.2) is 0 Å². The fourth-order valence-corrected chi connectivity index (χ4v) is 6.36. The maximum Gasteiger partial charge on any atom is 0.352 e. The number of nitrogens with two attached hydrogens (primary N) is 1. The zero-order chi connectivity index (χ0) is 26.1. The number of nitrogens with one attached hydrogen (secondary N) is 1. The van der Waals surface area contributed by atoms with E-state index in [-0.39, 0.29) is 29.3 Å². The Morgan fingerprint density at radius 2 is 1.68 bits per heavy atom. The number of likely N-dealkylation sites (tertiary alicyclic amines) is 1. The maximum absolute atomic E-state index is 14.3. The molecule has 0 bridgehead atoms. The molecule has 2 heterocycles. The predicted octanol–water partition coefficient (Wildman–Crippen LogP) is 3.73. The lowest BCUT2D eigenvalue weighted by Gasteiger charge is -2.36. The third-order valence-electron chi connectivity index (χ3n) is 8.26. The van der Waals surface area contributed by atoms with E-state index < -0.39 is 18.2 Å². The lowest BCUT2D eigenvalue weighted by atomic mass is 9.81. The summed E-state index contributed by atoms with van der Waals surface area (Å²) >= 11 is 0. The molecule has 3 aromatic rings. The van der Waals surface area contributed by atoms with Crippen LogP contribution in [-0.4, -0.2) is 52.0 Å². The van der Waals surface area contributed by atoms with Crippen LogP contribution in [0.4, 0.5) is 0 Å². The Kier molecular flexibility index (Phi) is 7.02. The quantitative estimate of drug-likeness (QED) is 0.475. The number of fused-ring (bicyclic) bond motifs is 1. The largest absolute Gasteiger partial charge is 0.477 e. The van der Waals surface area contributed by atoms with Crippen molar-refractivity contribution in [3.8, 4) is 0 Å². The van der Waals surface area contributed by atoms with Crippen molar-refractivity contribution in [1.82, 2.24) is 14.8 Å². The van der Waals surface area contributed by atoms with E-state index in [0.29, 0.717) is 18.9 Å². The predicted molar refractivity (Wildman–Crippen MR) is 141 cm³/mol. The standard InChI is InChI=1S/C29H34N4O4/c1-31-27(34)26-22(19-7-3-2-4-8-19)16-25(33(26)28(35)20-13-11-18(17-30)12-14-20)32-23-10-6-5-9-21(23)15-24(32)29(36)37/h2-10,15,18,20,22,25-26H,11-14,16-17,30H2,1H3,(H,31,34)(H,36,37)/t18?,20?,22-,25?,26-/m0/s1. The van der Waals surface area contributed by atoms with E-state index in [4.69, 9.17) is 5.73 Å². The summed E-state index contributed by atoms with van der Waals surface area (Å²) in [6.45, 7) is 0.613. The van der Waals surface area contributed by atoms with E-state index in [0.717, 1.165) is 42.1 Å². The number of aromatic carboxylic acids is 1. The first-order valence-corrected chi connectivity index (χ1v) is 13.1. The van der Waals surface area contributed by atoms with Gasteiger partial charge in [0.05, 0.1) is 5.52 Å². The first-order chi connectivity index (χ1) is 17.9. The van der Waals surface area contributed by atoms with Crippen LogP contribution in [0, 0.1) is 11.8 Å². The van der Waals surface area contributed by atoms with E-state index in [9.17, 15) is 19.5 Å². The normalized spacial score (nSPS) is 25.8. The Morgan fingerprint density at radius 1 is 1.00 bits per heavy atom. The van der Waals surface area contributed by atoms with Gasteiger partial charge in [0.1, 0.15) is 17.9 Å². The smallest absolute Gasteiger partial charge is 0.352 e. The summed E-state index contributed by atoms with van der Waals surface area (Å²) in [5, 5.41) is 13.7. The van der Waals surface area contributed by atoms with Crippen molar-refractivity contribution in [2.24, 2.45) is 17.6 Å². The third kappa shape index (κ3) is 4.50. The minimum atomic E-state index is -1.06. The SMILES string of the molecule is CNC(=O)[C@@H]1[C@H](c2ccccc2)CC(n2c(C(=O)O)cc3ccccc32)N1C(=O)C1CCC(CN)CC1. The van der Waals surface area contributed by atoms with Gasteiger partial charge in [-0.2, -0.15) is 0 Å². The van der Waals surface area contributed by atoms with Crippen molar-refractivity contribution < 1.29 is 19.5 Å². The lowest BCUT2D eigenvalue weighted by molar-refractivity contribution is -0.146. The molecule has 8 heteroatoms. The number of hydrogen-bond acceptors (Lipinski definition) is 4. The third-order valence-corrected chi connectivity index (χ3v) is 8.26. The van der Waals surface area contributed by atoms with Crippen LogP contribution in [0.15, 0.2) is 60.7 Å². The summed E-state index contributed by atoms with van der Waals surface area (Å²) < 4.78 is 1.75. The van der Waals surface area contributed by atoms with E-state index in [1.807, 2.05) is 54.6 Å². The summed E-state index contributed by atoms with van der Waals surface area (Å²) in [5.74, 6) is -1.47. The minimum absolute atomic E-state index is 0.0818. The Hall–Kier alpha value is -3.65. The fraction of sp³-hybridized carbons (Fsp3) is 0.414. The average Bonchev–Trinajstić information content (AvgIpc) is 3.52. The summed E-state index contributed by atoms with van der Waals surface area (Å²) in [5.41, 5.74) is 7.69. The second kappa shape index (κ2) is 10.4. The zero-order valence-corrected chi connectivity index (χ0v) is 21.0. The van der Waals surface area contributed by atoms with Crippen molar-refractivity contribution in [2.75, 3.05) is 13.6 Å². The summed E-state index contributed by atoms with van der Waals surface area (Å²) in [6, 6.07) is 18.1. The monoisotopic (exact) mass is 502 g/mol. The van der Waals surface area contributed by atoms with Gasteiger partial charge < -0.3 is 25.6 Å². The second-order valence-corrected chi connectivity index (χ2v) is 10.3. The van der Waals surface area contributed by atoms with Gasteiger partial charge in [-0.05, 0) is 62.3 Å². The molecule has 4 N–H and O–H groups in total. The molecule has 1 aliphatic carbocycles. The number of hydrogen-bond donors (Lipinski definition) is 3. The molecule has 0 radical (unpaired) electrons. The highest BCUT2D eigenvalue weighted by Crippen LogP contribution is 2.46. The summed E-state index contributed by atoms with van der Waals surface area (Å²) in [4.78, 5) is 41.8. The first-order valence-electron chi connectivity index (χ1n) is 13.1. The molecule has 5 rings (SSSR count). The Morgan fingerprint density at radius 3 is 2.32 bits per heavy atom. The topological polar surface area (TPSA) is 118 Å². The molecule has 0 spiro atoms. The van der Waals surface area contributed by atoms with Crippen molar-refractivity contribution in [3.63, 3.8) is 0 Å². The van der Waals surface area contributed by atoms with Crippen LogP contribution in [0.25, 0.3) is 10.9 Å². The van der Waals surface area contributed by atoms with Gasteiger partial charge in [-0.3, -0.25) is 9.59 Å². The van der Waals surface area contributed by atoms with Crippen molar-refractivity contribution in [3.05, 3.63) is 71.9 Å². The van der Waals surface area contributed by atoms with Crippen LogP contribution >= 0.6 is 0 Å². The number of para-hydroxylation sites is 1. The van der Waals surface area contributed by atoms with Crippen LogP contribution in [-0.2, 0) is 9.59 Å². The minimum Gasteiger partial charge on any atom is -0.477 e. The van der Waals surface area contributed by atoms with Crippen molar-refractivity contribution in [1.29, 1.82) is 0 Å². The number of benzene rings is 2. The molecule has 2 aromatic carbocycles. The van der Waals surface area contributed by atoms with Crippen LogP contribution in [0.2, 0.25) is 0 Å². The summed E-state index contributed by atoms with van der Waals surface area (Å²) in [6.07, 6.45) is 3.02. The molecule has 1 unspecified atom stereocenters. The number of rotatable bonds is 6. The number of nitrogens with zero attached hydrogens (tertiary/aromatic N) is 2. The Balaban J connectivity index is 1.65. The number of amides is 2. The van der Waals surface area contributed by atoms with Crippen LogP contribution in [0.5, 0.6) is 0 Å². The number of carbonyl (C=O) groups is 3. The highest BCUT2D eigenvalue weighted by atomic mass is 16.4.